The maximum absolute atomic E-state index is 12.7. The van der Waals surface area contributed by atoms with Crippen LogP contribution in [0.2, 0.25) is 5.02 Å². The number of carbonyl (C=O) groups is 1. The maximum atomic E-state index is 12.7. The highest BCUT2D eigenvalue weighted by molar-refractivity contribution is 6.32. The molecule has 0 aromatic heterocycles. The van der Waals surface area contributed by atoms with Crippen molar-refractivity contribution in [3.8, 4) is 17.6 Å². The van der Waals surface area contributed by atoms with Gasteiger partial charge in [0.25, 0.3) is 0 Å². The summed E-state index contributed by atoms with van der Waals surface area (Å²) in [7, 11) is 1.51. The van der Waals surface area contributed by atoms with Gasteiger partial charge in [-0.05, 0) is 50.1 Å². The summed E-state index contributed by atoms with van der Waals surface area (Å²) in [6.07, 6.45) is 1.43. The molecule has 0 fully saturated rings. The quantitative estimate of drug-likeness (QED) is 0.397. The van der Waals surface area contributed by atoms with Gasteiger partial charge in [0.15, 0.2) is 11.5 Å². The zero-order valence-corrected chi connectivity index (χ0v) is 15.9. The fourth-order valence-corrected chi connectivity index (χ4v) is 2.72. The number of aryl methyl sites for hydroxylation is 1. The van der Waals surface area contributed by atoms with Gasteiger partial charge >= 0.3 is 0 Å². The number of ether oxygens (including phenoxy) is 2. The number of methoxy groups -OCH3 is 1. The molecule has 0 aliphatic rings. The van der Waals surface area contributed by atoms with Gasteiger partial charge in [-0.25, -0.2) is 0 Å². The predicted octanol–water partition coefficient (Wildman–Crippen LogP) is 5.23. The van der Waals surface area contributed by atoms with Crippen molar-refractivity contribution >= 4 is 23.5 Å². The number of benzene rings is 2. The van der Waals surface area contributed by atoms with Crippen LogP contribution in [-0.4, -0.2) is 19.0 Å². The summed E-state index contributed by atoms with van der Waals surface area (Å²) in [6.45, 7) is 5.61. The Kier molecular flexibility index (Phi) is 6.43. The number of nitrogens with zero attached hydrogens (tertiary/aromatic N) is 1. The van der Waals surface area contributed by atoms with Crippen molar-refractivity contribution in [3.63, 3.8) is 0 Å². The van der Waals surface area contributed by atoms with E-state index in [0.29, 0.717) is 27.6 Å². The number of allylic oxidation sites excluding steroid dienone is 1. The van der Waals surface area contributed by atoms with Crippen molar-refractivity contribution in [2.45, 2.75) is 26.9 Å². The number of halogens is 1. The molecule has 0 spiro atoms. The Balaban J connectivity index is 2.47. The largest absolute Gasteiger partial charge is 0.493 e. The molecule has 0 N–H and O–H groups in total. The number of ketones is 1. The maximum Gasteiger partial charge on any atom is 0.203 e. The van der Waals surface area contributed by atoms with E-state index >= 15 is 0 Å². The molecule has 0 radical (unpaired) electrons. The molecule has 0 amide bonds. The normalized spacial score (nSPS) is 11.2. The Morgan fingerprint density at radius 3 is 2.54 bits per heavy atom. The first kappa shape index (κ1) is 19.6. The van der Waals surface area contributed by atoms with Gasteiger partial charge in [0.05, 0.1) is 18.2 Å². The van der Waals surface area contributed by atoms with E-state index in [4.69, 9.17) is 21.1 Å². The van der Waals surface area contributed by atoms with E-state index in [1.807, 2.05) is 39.0 Å². The topological polar surface area (TPSA) is 59.3 Å². The van der Waals surface area contributed by atoms with Crippen LogP contribution in [0.25, 0.3) is 6.08 Å². The van der Waals surface area contributed by atoms with Crippen molar-refractivity contribution in [2.75, 3.05) is 7.11 Å². The lowest BCUT2D eigenvalue weighted by Crippen LogP contribution is -2.07. The lowest BCUT2D eigenvalue weighted by Gasteiger charge is -2.15. The van der Waals surface area contributed by atoms with Gasteiger partial charge in [-0.1, -0.05) is 35.9 Å². The average Bonchev–Trinajstić information content (AvgIpc) is 2.61. The van der Waals surface area contributed by atoms with E-state index in [1.54, 1.807) is 24.3 Å². The summed E-state index contributed by atoms with van der Waals surface area (Å²) < 4.78 is 11.0. The Labute approximate surface area is 158 Å². The Morgan fingerprint density at radius 1 is 1.27 bits per heavy atom. The van der Waals surface area contributed by atoms with Gasteiger partial charge in [-0.15, -0.1) is 0 Å². The summed E-state index contributed by atoms with van der Waals surface area (Å²) in [5.41, 5.74) is 1.92. The zero-order valence-electron chi connectivity index (χ0n) is 15.2. The van der Waals surface area contributed by atoms with E-state index < -0.39 is 0 Å². The summed E-state index contributed by atoms with van der Waals surface area (Å²) in [4.78, 5) is 12.7. The number of rotatable bonds is 6. The summed E-state index contributed by atoms with van der Waals surface area (Å²) >= 11 is 6.30. The number of hydrogen-bond donors (Lipinski definition) is 0. The van der Waals surface area contributed by atoms with Gasteiger partial charge < -0.3 is 9.47 Å². The van der Waals surface area contributed by atoms with E-state index in [2.05, 4.69) is 0 Å². The van der Waals surface area contributed by atoms with Crippen molar-refractivity contribution in [1.29, 1.82) is 5.26 Å². The number of nitriles is 1. The van der Waals surface area contributed by atoms with Crippen LogP contribution < -0.4 is 9.47 Å². The molecule has 26 heavy (non-hydrogen) atoms. The molecule has 5 heteroatoms. The molecule has 2 aromatic rings. The minimum atomic E-state index is -0.330. The molecule has 2 rings (SSSR count). The van der Waals surface area contributed by atoms with Crippen LogP contribution >= 0.6 is 11.6 Å². The minimum Gasteiger partial charge on any atom is -0.493 e. The monoisotopic (exact) mass is 369 g/mol. The summed E-state index contributed by atoms with van der Waals surface area (Å²) in [6, 6.07) is 12.5. The zero-order chi connectivity index (χ0) is 19.3. The van der Waals surface area contributed by atoms with Crippen LogP contribution in [0.5, 0.6) is 11.5 Å². The second-order valence-corrected chi connectivity index (χ2v) is 6.42. The molecule has 0 heterocycles. The fraction of sp³-hybridized carbons (Fsp3) is 0.238. The third-order valence-corrected chi connectivity index (χ3v) is 3.95. The van der Waals surface area contributed by atoms with Crippen LogP contribution in [-0.2, 0) is 0 Å². The molecule has 0 unspecified atom stereocenters. The third kappa shape index (κ3) is 4.44. The van der Waals surface area contributed by atoms with Gasteiger partial charge in [0, 0.05) is 5.56 Å². The van der Waals surface area contributed by atoms with Gasteiger partial charge in [0.1, 0.15) is 11.6 Å². The van der Waals surface area contributed by atoms with Crippen molar-refractivity contribution in [3.05, 3.63) is 63.7 Å². The Morgan fingerprint density at radius 2 is 1.96 bits per heavy atom. The van der Waals surface area contributed by atoms with E-state index in [0.717, 1.165) is 5.56 Å². The first-order valence-electron chi connectivity index (χ1n) is 8.13. The van der Waals surface area contributed by atoms with Gasteiger partial charge in [-0.2, -0.15) is 5.26 Å². The second kappa shape index (κ2) is 8.55. The number of carbonyl (C=O) groups excluding carboxylic acids is 1. The van der Waals surface area contributed by atoms with Crippen LogP contribution in [0.3, 0.4) is 0 Å². The van der Waals surface area contributed by atoms with Crippen LogP contribution in [0, 0.1) is 18.3 Å². The third-order valence-electron chi connectivity index (χ3n) is 3.67. The summed E-state index contributed by atoms with van der Waals surface area (Å²) in [5.74, 6) is 0.548. The molecule has 0 saturated heterocycles. The number of Topliss-reactive ketones (excluding diaryl/α,β-unsaturated/α-hetero) is 1. The minimum absolute atomic E-state index is 0.0231. The van der Waals surface area contributed by atoms with Crippen LogP contribution in [0.1, 0.15) is 35.3 Å². The smallest absolute Gasteiger partial charge is 0.203 e. The molecule has 2 aromatic carbocycles. The Bertz CT molecular complexity index is 895. The summed E-state index contributed by atoms with van der Waals surface area (Å²) in [5, 5.41) is 9.80. The molecule has 4 nitrogen and oxygen atoms in total. The van der Waals surface area contributed by atoms with Gasteiger partial charge in [0.2, 0.25) is 5.78 Å². The number of hydrogen-bond acceptors (Lipinski definition) is 4. The van der Waals surface area contributed by atoms with Gasteiger partial charge in [-0.3, -0.25) is 4.79 Å². The molecular formula is C21H20ClNO3. The lowest BCUT2D eigenvalue weighted by atomic mass is 9.98. The molecule has 134 valence electrons. The highest BCUT2D eigenvalue weighted by Gasteiger charge is 2.16. The highest BCUT2D eigenvalue weighted by atomic mass is 35.5. The first-order valence-corrected chi connectivity index (χ1v) is 8.51. The second-order valence-electron chi connectivity index (χ2n) is 6.01. The average molecular weight is 370 g/mol. The highest BCUT2D eigenvalue weighted by Crippen LogP contribution is 2.37. The van der Waals surface area contributed by atoms with Crippen molar-refractivity contribution in [1.82, 2.24) is 0 Å². The van der Waals surface area contributed by atoms with Crippen molar-refractivity contribution in [2.24, 2.45) is 0 Å². The Hall–Kier alpha value is -2.77. The molecule has 0 saturated carbocycles. The van der Waals surface area contributed by atoms with Crippen LogP contribution in [0.15, 0.2) is 42.0 Å². The standard InChI is InChI=1S/C21H20ClNO3/c1-13(2)26-21-18(22)10-15(11-19(21)25-4)9-16(12-23)20(24)17-8-6-5-7-14(17)3/h5-11,13H,1-4H3/b16-9+. The molecule has 0 atom stereocenters. The SMILES string of the molecule is COc1cc(/C=C(\C#N)C(=O)c2ccccc2C)cc(Cl)c1OC(C)C. The molecule has 0 bridgehead atoms. The van der Waals surface area contributed by atoms with E-state index in [9.17, 15) is 10.1 Å². The molecule has 0 aliphatic heterocycles. The lowest BCUT2D eigenvalue weighted by molar-refractivity contribution is 0.103. The fourth-order valence-electron chi connectivity index (χ4n) is 2.46. The predicted molar refractivity (Wildman–Crippen MR) is 103 cm³/mol. The van der Waals surface area contributed by atoms with E-state index in [1.165, 1.54) is 13.2 Å². The van der Waals surface area contributed by atoms with E-state index in [-0.39, 0.29) is 17.5 Å². The molecule has 0 aliphatic carbocycles. The van der Waals surface area contributed by atoms with Crippen molar-refractivity contribution < 1.29 is 14.3 Å². The first-order chi connectivity index (χ1) is 12.4. The van der Waals surface area contributed by atoms with Crippen LogP contribution in [0.4, 0.5) is 0 Å². The molecular weight excluding hydrogens is 350 g/mol.